The van der Waals surface area contributed by atoms with Crippen LogP contribution in [0, 0.1) is 0 Å². The van der Waals surface area contributed by atoms with Crippen LogP contribution in [-0.2, 0) is 9.84 Å². The van der Waals surface area contributed by atoms with Crippen LogP contribution in [0.3, 0.4) is 0 Å². The molecule has 0 bridgehead atoms. The Bertz CT molecular complexity index is 336. The summed E-state index contributed by atoms with van der Waals surface area (Å²) >= 11 is 1.71. The lowest BCUT2D eigenvalue weighted by Crippen LogP contribution is -2.38. The van der Waals surface area contributed by atoms with Crippen LogP contribution in [0.25, 0.3) is 0 Å². The van der Waals surface area contributed by atoms with Crippen molar-refractivity contribution in [1.29, 1.82) is 0 Å². The zero-order valence-corrected chi connectivity index (χ0v) is 9.07. The number of thioether (sulfide) groups is 1. The fourth-order valence-electron chi connectivity index (χ4n) is 1.47. The molecular formula is C7H12N2O2S2. The molecule has 0 aromatic carbocycles. The van der Waals surface area contributed by atoms with Gasteiger partial charge in [0.25, 0.3) is 0 Å². The van der Waals surface area contributed by atoms with E-state index >= 15 is 0 Å². The van der Waals surface area contributed by atoms with E-state index in [0.29, 0.717) is 12.2 Å². The molecular weight excluding hydrogens is 208 g/mol. The Kier molecular flexibility index (Phi) is 2.27. The summed E-state index contributed by atoms with van der Waals surface area (Å²) in [5.41, 5.74) is 0. The summed E-state index contributed by atoms with van der Waals surface area (Å²) < 4.78 is 22.5. The van der Waals surface area contributed by atoms with E-state index in [1.807, 2.05) is 6.92 Å². The smallest absolute Gasteiger partial charge is 0.170 e. The van der Waals surface area contributed by atoms with E-state index in [1.54, 1.807) is 16.8 Å². The minimum absolute atomic E-state index is 0.105. The summed E-state index contributed by atoms with van der Waals surface area (Å²) in [4.78, 5) is 0. The molecule has 1 saturated heterocycles. The van der Waals surface area contributed by atoms with Gasteiger partial charge in [-0.3, -0.25) is 5.01 Å². The first-order valence-electron chi connectivity index (χ1n) is 4.32. The molecule has 74 valence electrons. The lowest BCUT2D eigenvalue weighted by molar-refractivity contribution is 0.300. The molecule has 0 saturated carbocycles. The summed E-state index contributed by atoms with van der Waals surface area (Å²) in [5.74, 6) is 0.418. The molecule has 0 aliphatic carbocycles. The standard InChI is InChI=1S/C7H12N2O2S2/c1-2-6-8-9-5-13(10,11)4-3-7(9)12-6/h7H,2-5H2,1H3. The van der Waals surface area contributed by atoms with Crippen LogP contribution in [-0.4, -0.2) is 35.5 Å². The van der Waals surface area contributed by atoms with Crippen molar-refractivity contribution in [3.63, 3.8) is 0 Å². The second-order valence-electron chi connectivity index (χ2n) is 3.22. The summed E-state index contributed by atoms with van der Waals surface area (Å²) in [5, 5.41) is 7.30. The minimum atomic E-state index is -2.86. The molecule has 2 aliphatic rings. The number of hydrazone groups is 1. The first-order chi connectivity index (χ1) is 6.11. The number of fused-ring (bicyclic) bond motifs is 1. The molecule has 0 spiro atoms. The van der Waals surface area contributed by atoms with Gasteiger partial charge in [0.2, 0.25) is 0 Å². The third-order valence-corrected chi connectivity index (χ3v) is 5.06. The Morgan fingerprint density at radius 1 is 1.69 bits per heavy atom. The average molecular weight is 220 g/mol. The van der Waals surface area contributed by atoms with Crippen molar-refractivity contribution < 1.29 is 8.42 Å². The molecule has 0 amide bonds. The molecule has 1 atom stereocenters. The predicted molar refractivity (Wildman–Crippen MR) is 54.2 cm³/mol. The maximum Gasteiger partial charge on any atom is 0.170 e. The molecule has 4 nitrogen and oxygen atoms in total. The molecule has 2 aliphatic heterocycles. The topological polar surface area (TPSA) is 49.7 Å². The second-order valence-corrected chi connectivity index (χ2v) is 6.63. The largest absolute Gasteiger partial charge is 0.268 e. The number of sulfone groups is 1. The quantitative estimate of drug-likeness (QED) is 0.657. The van der Waals surface area contributed by atoms with Crippen molar-refractivity contribution in [2.24, 2.45) is 5.10 Å². The van der Waals surface area contributed by atoms with Gasteiger partial charge in [-0.25, -0.2) is 8.42 Å². The van der Waals surface area contributed by atoms with Crippen LogP contribution in [0.2, 0.25) is 0 Å². The highest BCUT2D eigenvalue weighted by molar-refractivity contribution is 8.14. The van der Waals surface area contributed by atoms with E-state index in [1.165, 1.54) is 0 Å². The number of rotatable bonds is 1. The van der Waals surface area contributed by atoms with Crippen molar-refractivity contribution in [1.82, 2.24) is 5.01 Å². The molecule has 6 heteroatoms. The SMILES string of the molecule is CCC1=NN2CS(=O)(=O)CCC2S1. The lowest BCUT2D eigenvalue weighted by atomic mass is 10.5. The Labute approximate surface area is 82.3 Å². The highest BCUT2D eigenvalue weighted by Crippen LogP contribution is 2.33. The first kappa shape index (κ1) is 9.33. The van der Waals surface area contributed by atoms with Gasteiger partial charge in [0.05, 0.1) is 10.8 Å². The third-order valence-electron chi connectivity index (χ3n) is 2.15. The molecule has 1 unspecified atom stereocenters. The van der Waals surface area contributed by atoms with Crippen LogP contribution in [0.15, 0.2) is 5.10 Å². The van der Waals surface area contributed by atoms with Crippen molar-refractivity contribution in [2.75, 3.05) is 11.6 Å². The minimum Gasteiger partial charge on any atom is -0.268 e. The molecule has 0 N–H and O–H groups in total. The van der Waals surface area contributed by atoms with E-state index in [0.717, 1.165) is 11.5 Å². The van der Waals surface area contributed by atoms with Gasteiger partial charge >= 0.3 is 0 Å². The third kappa shape index (κ3) is 1.83. The van der Waals surface area contributed by atoms with Crippen molar-refractivity contribution >= 4 is 26.6 Å². The zero-order chi connectivity index (χ0) is 9.47. The van der Waals surface area contributed by atoms with Crippen LogP contribution >= 0.6 is 11.8 Å². The number of hydrogen-bond donors (Lipinski definition) is 0. The van der Waals surface area contributed by atoms with Gasteiger partial charge < -0.3 is 0 Å². The summed E-state index contributed by atoms with van der Waals surface area (Å²) in [6.07, 6.45) is 1.61. The van der Waals surface area contributed by atoms with Crippen LogP contribution < -0.4 is 0 Å². The lowest BCUT2D eigenvalue weighted by Gasteiger charge is -2.26. The summed E-state index contributed by atoms with van der Waals surface area (Å²) in [6, 6.07) is 0. The maximum absolute atomic E-state index is 11.3. The van der Waals surface area contributed by atoms with E-state index in [2.05, 4.69) is 5.10 Å². The van der Waals surface area contributed by atoms with Crippen LogP contribution in [0.4, 0.5) is 0 Å². The monoisotopic (exact) mass is 220 g/mol. The fraction of sp³-hybridized carbons (Fsp3) is 0.857. The van der Waals surface area contributed by atoms with Gasteiger partial charge in [0.1, 0.15) is 11.3 Å². The second kappa shape index (κ2) is 3.16. The van der Waals surface area contributed by atoms with E-state index in [9.17, 15) is 8.42 Å². The Hall–Kier alpha value is -0.230. The summed E-state index contributed by atoms with van der Waals surface area (Å²) in [6.45, 7) is 2.04. The number of nitrogens with zero attached hydrogens (tertiary/aromatic N) is 2. The Morgan fingerprint density at radius 2 is 2.46 bits per heavy atom. The summed E-state index contributed by atoms with van der Waals surface area (Å²) in [7, 11) is -2.86. The maximum atomic E-state index is 11.3. The van der Waals surface area contributed by atoms with Crippen molar-refractivity contribution in [3.8, 4) is 0 Å². The Morgan fingerprint density at radius 3 is 3.15 bits per heavy atom. The zero-order valence-electron chi connectivity index (χ0n) is 7.43. The van der Waals surface area contributed by atoms with Gasteiger partial charge in [-0.15, -0.1) is 0 Å². The van der Waals surface area contributed by atoms with Crippen molar-refractivity contribution in [2.45, 2.75) is 25.1 Å². The molecule has 0 radical (unpaired) electrons. The molecule has 0 aromatic heterocycles. The van der Waals surface area contributed by atoms with Gasteiger partial charge in [-0.05, 0) is 12.8 Å². The molecule has 2 rings (SSSR count). The first-order valence-corrected chi connectivity index (χ1v) is 7.02. The van der Waals surface area contributed by atoms with Crippen LogP contribution in [0.5, 0.6) is 0 Å². The number of hydrogen-bond acceptors (Lipinski definition) is 5. The van der Waals surface area contributed by atoms with E-state index < -0.39 is 9.84 Å². The highest BCUT2D eigenvalue weighted by atomic mass is 32.2. The fourth-order valence-corrected chi connectivity index (χ4v) is 4.18. The average Bonchev–Trinajstić information content (AvgIpc) is 2.44. The molecule has 13 heavy (non-hydrogen) atoms. The van der Waals surface area contributed by atoms with Gasteiger partial charge in [0, 0.05) is 0 Å². The van der Waals surface area contributed by atoms with E-state index in [-0.39, 0.29) is 11.3 Å². The molecule has 0 aromatic rings. The highest BCUT2D eigenvalue weighted by Gasteiger charge is 2.35. The normalized spacial score (nSPS) is 31.3. The molecule has 1 fully saturated rings. The van der Waals surface area contributed by atoms with E-state index in [4.69, 9.17) is 0 Å². The Balaban J connectivity index is 2.15. The van der Waals surface area contributed by atoms with Crippen molar-refractivity contribution in [3.05, 3.63) is 0 Å². The predicted octanol–water partition coefficient (Wildman–Crippen LogP) is 0.861. The van der Waals surface area contributed by atoms with Crippen LogP contribution in [0.1, 0.15) is 19.8 Å². The molecule has 2 heterocycles. The van der Waals surface area contributed by atoms with Gasteiger partial charge in [-0.1, -0.05) is 18.7 Å². The van der Waals surface area contributed by atoms with Gasteiger partial charge in [-0.2, -0.15) is 5.10 Å². The van der Waals surface area contributed by atoms with Gasteiger partial charge in [0.15, 0.2) is 9.84 Å².